The Hall–Kier alpha value is -3.60. The van der Waals surface area contributed by atoms with Gasteiger partial charge in [0.25, 0.3) is 11.2 Å². The Labute approximate surface area is 148 Å². The third kappa shape index (κ3) is 2.59. The molecule has 1 unspecified atom stereocenters. The quantitative estimate of drug-likeness (QED) is 0.667. The Morgan fingerprint density at radius 1 is 1.42 bits per heavy atom. The fourth-order valence-corrected chi connectivity index (χ4v) is 3.23. The molecule has 2 N–H and O–H groups in total. The maximum absolute atomic E-state index is 13.0. The number of nitrogens with two attached hydrogens (primary N) is 1. The van der Waals surface area contributed by atoms with Crippen LogP contribution in [-0.4, -0.2) is 9.49 Å². The fourth-order valence-electron chi connectivity index (χ4n) is 3.23. The molecule has 0 saturated carbocycles. The van der Waals surface area contributed by atoms with Gasteiger partial charge in [-0.3, -0.25) is 14.9 Å². The van der Waals surface area contributed by atoms with Crippen LogP contribution >= 0.6 is 0 Å². The van der Waals surface area contributed by atoms with Gasteiger partial charge in [0, 0.05) is 30.4 Å². The van der Waals surface area contributed by atoms with Crippen molar-refractivity contribution >= 4 is 5.69 Å². The molecule has 0 spiro atoms. The molecule has 1 aliphatic rings. The summed E-state index contributed by atoms with van der Waals surface area (Å²) in [5, 5.41) is 20.7. The number of fused-ring (bicyclic) bond motifs is 1. The van der Waals surface area contributed by atoms with E-state index in [-0.39, 0.29) is 34.0 Å². The highest BCUT2D eigenvalue weighted by molar-refractivity contribution is 5.56. The molecule has 0 aliphatic carbocycles. The molecule has 0 saturated heterocycles. The van der Waals surface area contributed by atoms with Gasteiger partial charge in [-0.15, -0.1) is 0 Å². The largest absolute Gasteiger partial charge is 0.440 e. The predicted octanol–water partition coefficient (Wildman–Crippen LogP) is 2.30. The molecule has 1 aromatic carbocycles. The van der Waals surface area contributed by atoms with E-state index < -0.39 is 10.8 Å². The van der Waals surface area contributed by atoms with Crippen LogP contribution in [0.4, 0.5) is 5.69 Å². The molecule has 8 heteroatoms. The number of pyridine rings is 1. The summed E-state index contributed by atoms with van der Waals surface area (Å²) in [6, 6.07) is 9.51. The van der Waals surface area contributed by atoms with Gasteiger partial charge >= 0.3 is 0 Å². The van der Waals surface area contributed by atoms with Crippen LogP contribution in [0.2, 0.25) is 0 Å². The molecule has 0 amide bonds. The number of nitro groups is 1. The second-order valence-corrected chi connectivity index (χ2v) is 5.89. The summed E-state index contributed by atoms with van der Waals surface area (Å²) < 4.78 is 7.07. The summed E-state index contributed by atoms with van der Waals surface area (Å²) in [6.45, 7) is 4.06. The zero-order chi connectivity index (χ0) is 19.0. The zero-order valence-corrected chi connectivity index (χ0v) is 14.2. The molecule has 1 aliphatic heterocycles. The van der Waals surface area contributed by atoms with Gasteiger partial charge in [0.15, 0.2) is 0 Å². The molecule has 1 aromatic heterocycles. The average Bonchev–Trinajstić information content (AvgIpc) is 2.61. The van der Waals surface area contributed by atoms with Gasteiger partial charge < -0.3 is 15.0 Å². The van der Waals surface area contributed by atoms with Crippen LogP contribution in [0.3, 0.4) is 0 Å². The van der Waals surface area contributed by atoms with Crippen molar-refractivity contribution in [1.82, 2.24) is 4.57 Å². The van der Waals surface area contributed by atoms with Crippen molar-refractivity contribution in [1.29, 1.82) is 5.26 Å². The molecule has 3 rings (SSSR count). The standard InChI is InChI=1S/C18H16N4O4/c1-3-21-10(2)7-14-16(18(21)23)15(13(9-19)17(20)26-14)11-5-4-6-12(8-11)22(24)25/h4-8,15H,3,20H2,1-2H3. The third-order valence-electron chi connectivity index (χ3n) is 4.42. The lowest BCUT2D eigenvalue weighted by atomic mass is 9.84. The highest BCUT2D eigenvalue weighted by Crippen LogP contribution is 2.41. The van der Waals surface area contributed by atoms with E-state index in [0.717, 1.165) is 0 Å². The van der Waals surface area contributed by atoms with Gasteiger partial charge in [-0.05, 0) is 19.4 Å². The number of rotatable bonds is 3. The Balaban J connectivity index is 2.34. The van der Waals surface area contributed by atoms with Crippen molar-refractivity contribution < 1.29 is 9.66 Å². The first-order chi connectivity index (χ1) is 12.4. The minimum Gasteiger partial charge on any atom is -0.440 e. The zero-order valence-electron chi connectivity index (χ0n) is 14.2. The number of benzene rings is 1. The lowest BCUT2D eigenvalue weighted by Gasteiger charge is -2.27. The van der Waals surface area contributed by atoms with E-state index in [0.29, 0.717) is 17.8 Å². The highest BCUT2D eigenvalue weighted by Gasteiger charge is 2.34. The number of hydrogen-bond acceptors (Lipinski definition) is 6. The second-order valence-electron chi connectivity index (χ2n) is 5.89. The van der Waals surface area contributed by atoms with Gasteiger partial charge in [0.1, 0.15) is 17.4 Å². The minimum atomic E-state index is -0.824. The number of aromatic nitrogens is 1. The highest BCUT2D eigenvalue weighted by atomic mass is 16.6. The molecule has 8 nitrogen and oxygen atoms in total. The first kappa shape index (κ1) is 17.2. The maximum Gasteiger partial charge on any atom is 0.269 e. The summed E-state index contributed by atoms with van der Waals surface area (Å²) >= 11 is 0. The monoisotopic (exact) mass is 352 g/mol. The molecule has 2 heterocycles. The molecule has 1 atom stereocenters. The van der Waals surface area contributed by atoms with Crippen molar-refractivity contribution in [3.8, 4) is 11.8 Å². The predicted molar refractivity (Wildman–Crippen MR) is 93.5 cm³/mol. The van der Waals surface area contributed by atoms with Gasteiger partial charge in [0.2, 0.25) is 5.88 Å². The average molecular weight is 352 g/mol. The van der Waals surface area contributed by atoms with Crippen LogP contribution in [0, 0.1) is 28.4 Å². The van der Waals surface area contributed by atoms with Crippen LogP contribution in [0.1, 0.15) is 29.7 Å². The number of aryl methyl sites for hydroxylation is 1. The number of allylic oxidation sites excluding steroid dienone is 1. The normalized spacial score (nSPS) is 15.8. The lowest BCUT2D eigenvalue weighted by molar-refractivity contribution is -0.384. The molecule has 0 radical (unpaired) electrons. The number of nitro benzene ring substituents is 1. The first-order valence-electron chi connectivity index (χ1n) is 7.95. The summed E-state index contributed by atoms with van der Waals surface area (Å²) in [5.74, 6) is -0.663. The first-order valence-corrected chi connectivity index (χ1v) is 7.95. The van der Waals surface area contributed by atoms with Crippen LogP contribution in [0.15, 0.2) is 46.6 Å². The summed E-state index contributed by atoms with van der Waals surface area (Å²) in [4.78, 5) is 23.6. The molecule has 0 fully saturated rings. The van der Waals surface area contributed by atoms with Gasteiger partial charge in [-0.1, -0.05) is 12.1 Å². The number of non-ortho nitro benzene ring substituents is 1. The van der Waals surface area contributed by atoms with Gasteiger partial charge in [-0.25, -0.2) is 0 Å². The van der Waals surface area contributed by atoms with Crippen LogP contribution < -0.4 is 16.0 Å². The van der Waals surface area contributed by atoms with E-state index in [1.54, 1.807) is 23.6 Å². The second kappa shape index (κ2) is 6.37. The van der Waals surface area contributed by atoms with E-state index in [1.165, 1.54) is 18.2 Å². The Kier molecular flexibility index (Phi) is 4.22. The van der Waals surface area contributed by atoms with Crippen molar-refractivity contribution in [2.24, 2.45) is 5.73 Å². The molecule has 0 bridgehead atoms. The summed E-state index contributed by atoms with van der Waals surface area (Å²) in [7, 11) is 0. The van der Waals surface area contributed by atoms with E-state index >= 15 is 0 Å². The number of nitriles is 1. The summed E-state index contributed by atoms with van der Waals surface area (Å²) in [6.07, 6.45) is 0. The third-order valence-corrected chi connectivity index (χ3v) is 4.42. The molecule has 132 valence electrons. The minimum absolute atomic E-state index is 0.0570. The molecular formula is C18H16N4O4. The van der Waals surface area contributed by atoms with Gasteiger partial charge in [-0.2, -0.15) is 5.26 Å². The lowest BCUT2D eigenvalue weighted by Crippen LogP contribution is -2.32. The number of hydrogen-bond donors (Lipinski definition) is 1. The fraction of sp³-hybridized carbons (Fsp3) is 0.222. The van der Waals surface area contributed by atoms with Crippen molar-refractivity contribution in [3.63, 3.8) is 0 Å². The Morgan fingerprint density at radius 3 is 2.77 bits per heavy atom. The number of nitrogens with zero attached hydrogens (tertiary/aromatic N) is 3. The van der Waals surface area contributed by atoms with E-state index in [2.05, 4.69) is 0 Å². The Morgan fingerprint density at radius 2 is 2.15 bits per heavy atom. The van der Waals surface area contributed by atoms with Crippen molar-refractivity contribution in [3.05, 3.63) is 79.1 Å². The van der Waals surface area contributed by atoms with Gasteiger partial charge in [0.05, 0.1) is 16.4 Å². The smallest absolute Gasteiger partial charge is 0.269 e. The van der Waals surface area contributed by atoms with Crippen LogP contribution in [-0.2, 0) is 6.54 Å². The molecule has 2 aromatic rings. The Bertz CT molecular complexity index is 1050. The van der Waals surface area contributed by atoms with Crippen LogP contribution in [0.25, 0.3) is 0 Å². The maximum atomic E-state index is 13.0. The number of ether oxygens (including phenoxy) is 1. The van der Waals surface area contributed by atoms with Crippen LogP contribution in [0.5, 0.6) is 5.75 Å². The van der Waals surface area contributed by atoms with Crippen molar-refractivity contribution in [2.45, 2.75) is 26.3 Å². The molecular weight excluding hydrogens is 336 g/mol. The van der Waals surface area contributed by atoms with E-state index in [4.69, 9.17) is 10.5 Å². The topological polar surface area (TPSA) is 124 Å². The SMILES string of the molecule is CCn1c(C)cc2c(c1=O)C(c1cccc([N+](=O)[O-])c1)C(C#N)=C(N)O2. The van der Waals surface area contributed by atoms with E-state index in [1.807, 2.05) is 13.0 Å². The van der Waals surface area contributed by atoms with E-state index in [9.17, 15) is 20.2 Å². The molecule has 26 heavy (non-hydrogen) atoms. The van der Waals surface area contributed by atoms with Crippen molar-refractivity contribution in [2.75, 3.05) is 0 Å². The summed E-state index contributed by atoms with van der Waals surface area (Å²) in [5.41, 5.74) is 6.90.